The van der Waals surface area contributed by atoms with E-state index in [2.05, 4.69) is 26.1 Å². The van der Waals surface area contributed by atoms with Crippen molar-refractivity contribution in [2.45, 2.75) is 27.2 Å². The number of carbonyl (C=O) groups excluding carboxylic acids is 1. The van der Waals surface area contributed by atoms with E-state index in [9.17, 15) is 4.79 Å². The topological polar surface area (TPSA) is 32.3 Å². The molecule has 0 aliphatic heterocycles. The van der Waals surface area contributed by atoms with E-state index >= 15 is 0 Å². The van der Waals surface area contributed by atoms with Crippen LogP contribution in [-0.2, 0) is 4.79 Å². The highest BCUT2D eigenvalue weighted by Crippen LogP contribution is 2.09. The van der Waals surface area contributed by atoms with E-state index in [4.69, 9.17) is 0 Å². The van der Waals surface area contributed by atoms with Crippen molar-refractivity contribution < 1.29 is 4.79 Å². The minimum Gasteiger partial charge on any atom is -0.349 e. The highest BCUT2D eigenvalue weighted by Gasteiger charge is 2.09. The van der Waals surface area contributed by atoms with Gasteiger partial charge in [0.25, 0.3) is 0 Å². The van der Waals surface area contributed by atoms with Gasteiger partial charge in [-0.05, 0) is 5.41 Å². The number of amides is 1. The van der Waals surface area contributed by atoms with E-state index in [1.807, 2.05) is 0 Å². The molecule has 0 aromatic carbocycles. The molecule has 78 valence electrons. The van der Waals surface area contributed by atoms with Crippen LogP contribution < -0.4 is 5.32 Å². The maximum absolute atomic E-state index is 11.2. The molecule has 1 N–H and O–H groups in total. The van der Waals surface area contributed by atoms with Crippen molar-refractivity contribution in [1.82, 2.24) is 10.2 Å². The summed E-state index contributed by atoms with van der Waals surface area (Å²) in [6.07, 6.45) is 0.586. The van der Waals surface area contributed by atoms with Gasteiger partial charge in [0.2, 0.25) is 5.91 Å². The van der Waals surface area contributed by atoms with Crippen molar-refractivity contribution in [3.05, 3.63) is 0 Å². The zero-order valence-corrected chi connectivity index (χ0v) is 9.48. The molecule has 3 heteroatoms. The van der Waals surface area contributed by atoms with Gasteiger partial charge >= 0.3 is 0 Å². The zero-order valence-electron chi connectivity index (χ0n) is 9.48. The second-order valence-electron chi connectivity index (χ2n) is 4.78. The van der Waals surface area contributed by atoms with Gasteiger partial charge in [0.05, 0.1) is 0 Å². The summed E-state index contributed by atoms with van der Waals surface area (Å²) in [5, 5.41) is 3.26. The fraction of sp³-hybridized carbons (Fsp3) is 0.900. The first-order chi connectivity index (χ1) is 5.83. The maximum Gasteiger partial charge on any atom is 0.223 e. The molecule has 13 heavy (non-hydrogen) atoms. The van der Waals surface area contributed by atoms with Crippen LogP contribution in [0, 0.1) is 5.41 Å². The minimum absolute atomic E-state index is 0.182. The third kappa shape index (κ3) is 7.78. The summed E-state index contributed by atoms with van der Waals surface area (Å²) < 4.78 is 0. The van der Waals surface area contributed by atoms with Crippen molar-refractivity contribution in [2.24, 2.45) is 5.41 Å². The summed E-state index contributed by atoms with van der Waals surface area (Å²) in [5.74, 6) is 0.182. The summed E-state index contributed by atoms with van der Waals surface area (Å²) in [4.78, 5) is 12.8. The van der Waals surface area contributed by atoms with Crippen molar-refractivity contribution in [3.8, 4) is 0 Å². The quantitative estimate of drug-likeness (QED) is 0.667. The van der Waals surface area contributed by atoms with Crippen LogP contribution in [0.25, 0.3) is 0 Å². The molecule has 0 atom stereocenters. The van der Waals surface area contributed by atoms with E-state index in [1.54, 1.807) is 19.0 Å². The zero-order chi connectivity index (χ0) is 10.5. The molecule has 0 aliphatic carbocycles. The Morgan fingerprint density at radius 2 is 1.85 bits per heavy atom. The first-order valence-corrected chi connectivity index (χ1v) is 4.74. The Balaban J connectivity index is 3.42. The van der Waals surface area contributed by atoms with Crippen LogP contribution in [0.2, 0.25) is 0 Å². The second kappa shape index (κ2) is 5.22. The Bertz CT molecular complexity index is 159. The van der Waals surface area contributed by atoms with E-state index < -0.39 is 0 Å². The lowest BCUT2D eigenvalue weighted by atomic mass is 9.97. The van der Waals surface area contributed by atoms with E-state index in [0.29, 0.717) is 11.8 Å². The lowest BCUT2D eigenvalue weighted by molar-refractivity contribution is -0.128. The fourth-order valence-corrected chi connectivity index (χ4v) is 0.882. The molecule has 0 rings (SSSR count). The van der Waals surface area contributed by atoms with Gasteiger partial charge in [0.15, 0.2) is 0 Å². The minimum atomic E-state index is 0.182. The monoisotopic (exact) mass is 186 g/mol. The van der Waals surface area contributed by atoms with Crippen LogP contribution in [0.4, 0.5) is 0 Å². The Kier molecular flexibility index (Phi) is 4.99. The summed E-state index contributed by atoms with van der Waals surface area (Å²) in [5.41, 5.74) is 0.293. The van der Waals surface area contributed by atoms with Gasteiger partial charge in [-0.2, -0.15) is 0 Å². The molecule has 0 radical (unpaired) electrons. The van der Waals surface area contributed by atoms with E-state index in [1.165, 1.54) is 0 Å². The molecular formula is C10H22N2O. The van der Waals surface area contributed by atoms with Gasteiger partial charge in [-0.15, -0.1) is 0 Å². The van der Waals surface area contributed by atoms with Crippen LogP contribution >= 0.6 is 0 Å². The van der Waals surface area contributed by atoms with Gasteiger partial charge in [0, 0.05) is 33.6 Å². The summed E-state index contributed by atoms with van der Waals surface area (Å²) in [6, 6.07) is 0. The highest BCUT2D eigenvalue weighted by atomic mass is 16.2. The highest BCUT2D eigenvalue weighted by molar-refractivity contribution is 5.75. The maximum atomic E-state index is 11.2. The van der Waals surface area contributed by atoms with Crippen LogP contribution in [0.5, 0.6) is 0 Å². The second-order valence-corrected chi connectivity index (χ2v) is 4.78. The van der Waals surface area contributed by atoms with Gasteiger partial charge in [-0.3, -0.25) is 4.79 Å². The largest absolute Gasteiger partial charge is 0.349 e. The number of hydrogen-bond donors (Lipinski definition) is 1. The van der Waals surface area contributed by atoms with Crippen LogP contribution in [-0.4, -0.2) is 38.0 Å². The van der Waals surface area contributed by atoms with E-state index in [-0.39, 0.29) is 5.91 Å². The molecular weight excluding hydrogens is 164 g/mol. The molecule has 0 fully saturated rings. The normalized spacial score (nSPS) is 11.5. The lowest BCUT2D eigenvalue weighted by Crippen LogP contribution is -2.31. The standard InChI is InChI=1S/C10H22N2O/c1-10(2,3)8-11-7-6-9(13)12(4)5/h11H,6-8H2,1-5H3. The number of nitrogens with one attached hydrogen (secondary N) is 1. The van der Waals surface area contributed by atoms with Crippen LogP contribution in [0.1, 0.15) is 27.2 Å². The first-order valence-electron chi connectivity index (χ1n) is 4.74. The predicted molar refractivity (Wildman–Crippen MR) is 55.6 cm³/mol. The van der Waals surface area contributed by atoms with Gasteiger partial charge in [0.1, 0.15) is 0 Å². The number of carbonyl (C=O) groups is 1. The summed E-state index contributed by atoms with van der Waals surface area (Å²) >= 11 is 0. The average Bonchev–Trinajstić information content (AvgIpc) is 1.95. The summed E-state index contributed by atoms with van der Waals surface area (Å²) in [6.45, 7) is 8.25. The molecule has 0 bridgehead atoms. The number of hydrogen-bond acceptors (Lipinski definition) is 2. The van der Waals surface area contributed by atoms with Crippen molar-refractivity contribution >= 4 is 5.91 Å². The predicted octanol–water partition coefficient (Wildman–Crippen LogP) is 1.10. The molecule has 0 heterocycles. The van der Waals surface area contributed by atoms with Gasteiger partial charge in [-0.1, -0.05) is 20.8 Å². The lowest BCUT2D eigenvalue weighted by Gasteiger charge is -2.19. The third-order valence-corrected chi connectivity index (χ3v) is 1.67. The molecule has 0 aromatic rings. The molecule has 3 nitrogen and oxygen atoms in total. The Hall–Kier alpha value is -0.570. The molecule has 0 aliphatic rings. The molecule has 0 saturated carbocycles. The number of rotatable bonds is 4. The van der Waals surface area contributed by atoms with Crippen LogP contribution in [0.3, 0.4) is 0 Å². The average molecular weight is 186 g/mol. The molecule has 0 saturated heterocycles. The third-order valence-electron chi connectivity index (χ3n) is 1.67. The van der Waals surface area contributed by atoms with Crippen molar-refractivity contribution in [3.63, 3.8) is 0 Å². The molecule has 0 unspecified atom stereocenters. The fourth-order valence-electron chi connectivity index (χ4n) is 0.882. The SMILES string of the molecule is CN(C)C(=O)CCNCC(C)(C)C. The first kappa shape index (κ1) is 12.4. The number of nitrogens with zero attached hydrogens (tertiary/aromatic N) is 1. The van der Waals surface area contributed by atoms with Gasteiger partial charge < -0.3 is 10.2 Å². The molecule has 1 amide bonds. The Morgan fingerprint density at radius 3 is 2.23 bits per heavy atom. The molecule has 0 aromatic heterocycles. The Morgan fingerprint density at radius 1 is 1.31 bits per heavy atom. The van der Waals surface area contributed by atoms with E-state index in [0.717, 1.165) is 13.1 Å². The van der Waals surface area contributed by atoms with Gasteiger partial charge in [-0.25, -0.2) is 0 Å². The smallest absolute Gasteiger partial charge is 0.223 e. The summed E-state index contributed by atoms with van der Waals surface area (Å²) in [7, 11) is 3.57. The van der Waals surface area contributed by atoms with Crippen LogP contribution in [0.15, 0.2) is 0 Å². The Labute approximate surface area is 81.5 Å². The molecule has 0 spiro atoms. The van der Waals surface area contributed by atoms with Crippen molar-refractivity contribution in [1.29, 1.82) is 0 Å². The van der Waals surface area contributed by atoms with Crippen molar-refractivity contribution in [2.75, 3.05) is 27.2 Å².